The molecule has 1 saturated heterocycles. The summed E-state index contributed by atoms with van der Waals surface area (Å²) < 4.78 is 11.0. The van der Waals surface area contributed by atoms with Gasteiger partial charge in [-0.2, -0.15) is 0 Å². The van der Waals surface area contributed by atoms with E-state index < -0.39 is 0 Å². The Morgan fingerprint density at radius 3 is 2.62 bits per heavy atom. The largest absolute Gasteiger partial charge is 0.394 e. The molecule has 0 aromatic carbocycles. The highest BCUT2D eigenvalue weighted by Gasteiger charge is 2.30. The molecule has 3 N–H and O–H groups in total. The lowest BCUT2D eigenvalue weighted by molar-refractivity contribution is -0.0385. The molecule has 16 heavy (non-hydrogen) atoms. The number of aliphatic hydroxyl groups is 1. The lowest BCUT2D eigenvalue weighted by Crippen LogP contribution is -2.48. The molecule has 3 unspecified atom stereocenters. The topological polar surface area (TPSA) is 64.7 Å². The smallest absolute Gasteiger partial charge is 0.0961 e. The first-order chi connectivity index (χ1) is 7.45. The predicted molar refractivity (Wildman–Crippen MR) is 63.2 cm³/mol. The van der Waals surface area contributed by atoms with Crippen molar-refractivity contribution in [3.8, 4) is 0 Å². The molecule has 3 atom stereocenters. The number of hydrogen-bond donors (Lipinski definition) is 2. The lowest BCUT2D eigenvalue weighted by Gasteiger charge is -2.33. The Bertz CT molecular complexity index is 197. The van der Waals surface area contributed by atoms with Crippen LogP contribution in [0.15, 0.2) is 0 Å². The second-order valence-corrected chi connectivity index (χ2v) is 5.68. The number of rotatable bonds is 5. The fourth-order valence-corrected chi connectivity index (χ4v) is 1.80. The van der Waals surface area contributed by atoms with Crippen LogP contribution < -0.4 is 5.73 Å². The molecule has 0 amide bonds. The second kappa shape index (κ2) is 5.96. The Hall–Kier alpha value is -0.160. The van der Waals surface area contributed by atoms with Gasteiger partial charge in [-0.1, -0.05) is 20.8 Å². The number of hydrogen-bond acceptors (Lipinski definition) is 4. The molecule has 0 spiro atoms. The van der Waals surface area contributed by atoms with Gasteiger partial charge in [-0.25, -0.2) is 0 Å². The van der Waals surface area contributed by atoms with E-state index in [0.717, 1.165) is 19.6 Å². The summed E-state index contributed by atoms with van der Waals surface area (Å²) in [5.74, 6) is 0.459. The Labute approximate surface area is 98.1 Å². The van der Waals surface area contributed by atoms with Gasteiger partial charge >= 0.3 is 0 Å². The van der Waals surface area contributed by atoms with Crippen molar-refractivity contribution in [3.05, 3.63) is 0 Å². The molecule has 1 heterocycles. The minimum absolute atomic E-state index is 0.0218. The molecule has 0 bridgehead atoms. The summed E-state index contributed by atoms with van der Waals surface area (Å²) in [7, 11) is 0. The van der Waals surface area contributed by atoms with Crippen LogP contribution in [0.25, 0.3) is 0 Å². The summed E-state index contributed by atoms with van der Waals surface area (Å²) in [6.45, 7) is 8.38. The van der Waals surface area contributed by atoms with E-state index in [-0.39, 0.29) is 24.2 Å². The molecule has 4 heteroatoms. The van der Waals surface area contributed by atoms with Crippen LogP contribution in [0, 0.1) is 11.3 Å². The molecular formula is C12H25NO3. The van der Waals surface area contributed by atoms with Gasteiger partial charge in [0.05, 0.1) is 25.9 Å². The first-order valence-electron chi connectivity index (χ1n) is 6.01. The van der Waals surface area contributed by atoms with Gasteiger partial charge in [0.15, 0.2) is 0 Å². The first kappa shape index (κ1) is 13.9. The third kappa shape index (κ3) is 4.01. The van der Waals surface area contributed by atoms with Gasteiger partial charge in [-0.3, -0.25) is 0 Å². The molecule has 1 fully saturated rings. The standard InChI is InChI=1S/C12H25NO3/c1-12(2,3)11(13)10(6-14)16-8-9-4-5-15-7-9/h9-11,14H,4-8,13H2,1-3H3. The summed E-state index contributed by atoms with van der Waals surface area (Å²) in [4.78, 5) is 0. The molecule has 0 aromatic heterocycles. The van der Waals surface area contributed by atoms with Crippen molar-refractivity contribution in [2.75, 3.05) is 26.4 Å². The zero-order valence-electron chi connectivity index (χ0n) is 10.6. The fraction of sp³-hybridized carbons (Fsp3) is 1.00. The third-order valence-corrected chi connectivity index (χ3v) is 3.15. The maximum Gasteiger partial charge on any atom is 0.0961 e. The normalized spacial score (nSPS) is 25.7. The first-order valence-corrected chi connectivity index (χ1v) is 6.01. The predicted octanol–water partition coefficient (Wildman–Crippen LogP) is 0.774. The van der Waals surface area contributed by atoms with Crippen LogP contribution in [-0.2, 0) is 9.47 Å². The van der Waals surface area contributed by atoms with Crippen LogP contribution in [0.3, 0.4) is 0 Å². The Morgan fingerprint density at radius 1 is 1.50 bits per heavy atom. The minimum Gasteiger partial charge on any atom is -0.394 e. The quantitative estimate of drug-likeness (QED) is 0.733. The average Bonchev–Trinajstić information content (AvgIpc) is 2.69. The van der Waals surface area contributed by atoms with Crippen molar-refractivity contribution in [1.82, 2.24) is 0 Å². The van der Waals surface area contributed by atoms with Crippen molar-refractivity contribution in [1.29, 1.82) is 0 Å². The number of ether oxygens (including phenoxy) is 2. The van der Waals surface area contributed by atoms with E-state index >= 15 is 0 Å². The zero-order valence-corrected chi connectivity index (χ0v) is 10.6. The monoisotopic (exact) mass is 231 g/mol. The number of aliphatic hydroxyl groups excluding tert-OH is 1. The van der Waals surface area contributed by atoms with Gasteiger partial charge in [-0.15, -0.1) is 0 Å². The van der Waals surface area contributed by atoms with E-state index in [1.54, 1.807) is 0 Å². The molecule has 4 nitrogen and oxygen atoms in total. The maximum absolute atomic E-state index is 9.30. The van der Waals surface area contributed by atoms with E-state index in [9.17, 15) is 5.11 Å². The highest BCUT2D eigenvalue weighted by molar-refractivity contribution is 4.84. The maximum atomic E-state index is 9.30. The summed E-state index contributed by atoms with van der Waals surface area (Å²) in [5.41, 5.74) is 6.02. The zero-order chi connectivity index (χ0) is 12.2. The van der Waals surface area contributed by atoms with Crippen LogP contribution >= 0.6 is 0 Å². The molecule has 1 rings (SSSR count). The van der Waals surface area contributed by atoms with Gasteiger partial charge in [0.25, 0.3) is 0 Å². The summed E-state index contributed by atoms with van der Waals surface area (Å²) in [5, 5.41) is 9.30. The Morgan fingerprint density at radius 2 is 2.19 bits per heavy atom. The fourth-order valence-electron chi connectivity index (χ4n) is 1.80. The van der Waals surface area contributed by atoms with Crippen molar-refractivity contribution < 1.29 is 14.6 Å². The molecule has 0 aliphatic carbocycles. The van der Waals surface area contributed by atoms with Crippen molar-refractivity contribution in [2.24, 2.45) is 17.1 Å². The molecule has 0 aromatic rings. The Balaban J connectivity index is 2.36. The van der Waals surface area contributed by atoms with Gasteiger partial charge in [-0.05, 0) is 11.8 Å². The van der Waals surface area contributed by atoms with Crippen LogP contribution in [0.4, 0.5) is 0 Å². The third-order valence-electron chi connectivity index (χ3n) is 3.15. The van der Waals surface area contributed by atoms with Gasteiger partial charge in [0, 0.05) is 18.6 Å². The van der Waals surface area contributed by atoms with Crippen molar-refractivity contribution >= 4 is 0 Å². The average molecular weight is 231 g/mol. The summed E-state index contributed by atoms with van der Waals surface area (Å²) in [6, 6.07) is -0.153. The van der Waals surface area contributed by atoms with Crippen molar-refractivity contribution in [3.63, 3.8) is 0 Å². The Kier molecular flexibility index (Phi) is 5.18. The van der Waals surface area contributed by atoms with E-state index in [2.05, 4.69) is 20.8 Å². The number of nitrogens with two attached hydrogens (primary N) is 1. The second-order valence-electron chi connectivity index (χ2n) is 5.68. The molecular weight excluding hydrogens is 206 g/mol. The SMILES string of the molecule is CC(C)(C)C(N)C(CO)OCC1CCOC1. The van der Waals surface area contributed by atoms with Crippen LogP contribution in [0.2, 0.25) is 0 Å². The summed E-state index contributed by atoms with van der Waals surface area (Å²) >= 11 is 0. The summed E-state index contributed by atoms with van der Waals surface area (Å²) in [6.07, 6.45) is 0.767. The van der Waals surface area contributed by atoms with E-state index in [4.69, 9.17) is 15.2 Å². The van der Waals surface area contributed by atoms with Gasteiger partial charge < -0.3 is 20.3 Å². The molecule has 0 radical (unpaired) electrons. The molecule has 1 aliphatic heterocycles. The van der Waals surface area contributed by atoms with Gasteiger partial charge in [0.1, 0.15) is 0 Å². The van der Waals surface area contributed by atoms with Crippen LogP contribution in [0.1, 0.15) is 27.2 Å². The highest BCUT2D eigenvalue weighted by Crippen LogP contribution is 2.22. The van der Waals surface area contributed by atoms with E-state index in [1.165, 1.54) is 0 Å². The minimum atomic E-state index is -0.277. The molecule has 96 valence electrons. The van der Waals surface area contributed by atoms with E-state index in [0.29, 0.717) is 12.5 Å². The highest BCUT2D eigenvalue weighted by atomic mass is 16.5. The molecule has 1 aliphatic rings. The van der Waals surface area contributed by atoms with Crippen LogP contribution in [-0.4, -0.2) is 43.7 Å². The lowest BCUT2D eigenvalue weighted by atomic mass is 9.84. The van der Waals surface area contributed by atoms with Crippen LogP contribution in [0.5, 0.6) is 0 Å². The molecule has 0 saturated carbocycles. The van der Waals surface area contributed by atoms with Gasteiger partial charge in [0.2, 0.25) is 0 Å². The van der Waals surface area contributed by atoms with Crippen molar-refractivity contribution in [2.45, 2.75) is 39.3 Å². The van der Waals surface area contributed by atoms with E-state index in [1.807, 2.05) is 0 Å².